The van der Waals surface area contributed by atoms with Gasteiger partial charge in [-0.3, -0.25) is 0 Å². The monoisotopic (exact) mass is 227 g/mol. The fourth-order valence-electron chi connectivity index (χ4n) is 1.45. The molecular formula is C12H18FNO2. The summed E-state index contributed by atoms with van der Waals surface area (Å²) in [5.41, 5.74) is 0.553. The van der Waals surface area contributed by atoms with Crippen molar-refractivity contribution in [1.29, 1.82) is 0 Å². The Morgan fingerprint density at radius 1 is 1.44 bits per heavy atom. The third kappa shape index (κ3) is 4.16. The highest BCUT2D eigenvalue weighted by Crippen LogP contribution is 2.20. The van der Waals surface area contributed by atoms with E-state index in [9.17, 15) is 9.50 Å². The Bertz CT molecular complexity index is 329. The third-order valence-electron chi connectivity index (χ3n) is 2.36. The molecule has 1 rings (SSSR count). The second-order valence-corrected chi connectivity index (χ2v) is 3.92. The lowest BCUT2D eigenvalue weighted by atomic mass is 10.2. The molecule has 0 amide bonds. The molecule has 0 aliphatic heterocycles. The molecule has 0 radical (unpaired) electrons. The van der Waals surface area contributed by atoms with Crippen LogP contribution >= 0.6 is 0 Å². The van der Waals surface area contributed by atoms with Gasteiger partial charge in [-0.15, -0.1) is 0 Å². The Morgan fingerprint density at radius 3 is 2.88 bits per heavy atom. The SMILES string of the molecule is CC(O)CCCNCc1cccc(F)c1O. The van der Waals surface area contributed by atoms with E-state index in [2.05, 4.69) is 5.32 Å². The minimum Gasteiger partial charge on any atom is -0.505 e. The molecule has 0 spiro atoms. The minimum atomic E-state index is -0.594. The quantitative estimate of drug-likeness (QED) is 0.649. The van der Waals surface area contributed by atoms with Gasteiger partial charge in [-0.05, 0) is 32.4 Å². The standard InChI is InChI=1S/C12H18FNO2/c1-9(15)4-3-7-14-8-10-5-2-6-11(13)12(10)16/h2,5-6,9,14-16H,3-4,7-8H2,1H3. The number of halogens is 1. The van der Waals surface area contributed by atoms with Crippen molar-refractivity contribution in [3.63, 3.8) is 0 Å². The van der Waals surface area contributed by atoms with E-state index in [1.165, 1.54) is 6.07 Å². The van der Waals surface area contributed by atoms with Crippen LogP contribution in [0.25, 0.3) is 0 Å². The second kappa shape index (κ2) is 6.45. The zero-order chi connectivity index (χ0) is 12.0. The summed E-state index contributed by atoms with van der Waals surface area (Å²) in [5, 5.41) is 21.5. The molecule has 3 nitrogen and oxygen atoms in total. The molecule has 0 saturated carbocycles. The van der Waals surface area contributed by atoms with Crippen molar-refractivity contribution in [2.45, 2.75) is 32.4 Å². The van der Waals surface area contributed by atoms with E-state index in [1.807, 2.05) is 0 Å². The van der Waals surface area contributed by atoms with Crippen molar-refractivity contribution >= 4 is 0 Å². The molecule has 0 aliphatic rings. The number of benzene rings is 1. The van der Waals surface area contributed by atoms with Crippen LogP contribution in [-0.4, -0.2) is 22.9 Å². The van der Waals surface area contributed by atoms with E-state index < -0.39 is 5.82 Å². The van der Waals surface area contributed by atoms with Gasteiger partial charge in [0.2, 0.25) is 0 Å². The second-order valence-electron chi connectivity index (χ2n) is 3.92. The summed E-state index contributed by atoms with van der Waals surface area (Å²) in [4.78, 5) is 0. The average Bonchev–Trinajstić information content (AvgIpc) is 2.23. The predicted molar refractivity (Wildman–Crippen MR) is 60.7 cm³/mol. The van der Waals surface area contributed by atoms with Gasteiger partial charge in [0.1, 0.15) is 0 Å². The van der Waals surface area contributed by atoms with Gasteiger partial charge < -0.3 is 15.5 Å². The lowest BCUT2D eigenvalue weighted by Crippen LogP contribution is -2.16. The minimum absolute atomic E-state index is 0.287. The molecule has 1 unspecified atom stereocenters. The van der Waals surface area contributed by atoms with E-state index in [-0.39, 0.29) is 11.9 Å². The molecule has 4 heteroatoms. The first-order valence-electron chi connectivity index (χ1n) is 5.46. The number of aromatic hydroxyl groups is 1. The van der Waals surface area contributed by atoms with Gasteiger partial charge in [-0.25, -0.2) is 4.39 Å². The molecule has 1 aromatic rings. The lowest BCUT2D eigenvalue weighted by Gasteiger charge is -2.08. The molecule has 1 atom stereocenters. The van der Waals surface area contributed by atoms with Crippen LogP contribution in [0.3, 0.4) is 0 Å². The molecule has 16 heavy (non-hydrogen) atoms. The van der Waals surface area contributed by atoms with Gasteiger partial charge in [-0.1, -0.05) is 12.1 Å². The van der Waals surface area contributed by atoms with Crippen molar-refractivity contribution in [2.24, 2.45) is 0 Å². The highest BCUT2D eigenvalue weighted by molar-refractivity contribution is 5.33. The Balaban J connectivity index is 2.29. The topological polar surface area (TPSA) is 52.5 Å². The maximum Gasteiger partial charge on any atom is 0.165 e. The number of phenolic OH excluding ortho intramolecular Hbond substituents is 1. The highest BCUT2D eigenvalue weighted by atomic mass is 19.1. The Kier molecular flexibility index (Phi) is 5.22. The van der Waals surface area contributed by atoms with Crippen LogP contribution in [-0.2, 0) is 6.54 Å². The number of phenols is 1. The third-order valence-corrected chi connectivity index (χ3v) is 2.36. The van der Waals surface area contributed by atoms with Gasteiger partial charge in [0.05, 0.1) is 6.10 Å². The van der Waals surface area contributed by atoms with E-state index in [0.29, 0.717) is 12.1 Å². The van der Waals surface area contributed by atoms with Crippen LogP contribution in [0.2, 0.25) is 0 Å². The van der Waals surface area contributed by atoms with Crippen LogP contribution in [0.1, 0.15) is 25.3 Å². The maximum atomic E-state index is 12.9. The number of para-hydroxylation sites is 1. The summed E-state index contributed by atoms with van der Waals surface area (Å²) < 4.78 is 12.9. The van der Waals surface area contributed by atoms with Crippen LogP contribution in [0.5, 0.6) is 5.75 Å². The molecule has 0 aromatic heterocycles. The van der Waals surface area contributed by atoms with Crippen LogP contribution in [0, 0.1) is 5.82 Å². The Labute approximate surface area is 94.9 Å². The number of aliphatic hydroxyl groups excluding tert-OH is 1. The zero-order valence-corrected chi connectivity index (χ0v) is 9.41. The fraction of sp³-hybridized carbons (Fsp3) is 0.500. The van der Waals surface area contributed by atoms with Gasteiger partial charge in [0.25, 0.3) is 0 Å². The average molecular weight is 227 g/mol. The van der Waals surface area contributed by atoms with Crippen molar-refractivity contribution < 1.29 is 14.6 Å². The summed E-state index contributed by atoms with van der Waals surface area (Å²) in [6.45, 7) is 2.92. The first kappa shape index (κ1) is 12.9. The van der Waals surface area contributed by atoms with Crippen molar-refractivity contribution in [3.05, 3.63) is 29.6 Å². The summed E-state index contributed by atoms with van der Waals surface area (Å²) in [6.07, 6.45) is 1.31. The molecule has 90 valence electrons. The van der Waals surface area contributed by atoms with Gasteiger partial charge in [0.15, 0.2) is 11.6 Å². The number of hydrogen-bond donors (Lipinski definition) is 3. The number of hydrogen-bond acceptors (Lipinski definition) is 3. The molecule has 0 fully saturated rings. The normalized spacial score (nSPS) is 12.7. The zero-order valence-electron chi connectivity index (χ0n) is 9.41. The molecule has 0 heterocycles. The molecular weight excluding hydrogens is 209 g/mol. The molecule has 0 aliphatic carbocycles. The lowest BCUT2D eigenvalue weighted by molar-refractivity contribution is 0.181. The molecule has 1 aromatic carbocycles. The van der Waals surface area contributed by atoms with E-state index in [0.717, 1.165) is 19.4 Å². The van der Waals surface area contributed by atoms with Gasteiger partial charge in [0, 0.05) is 12.1 Å². The highest BCUT2D eigenvalue weighted by Gasteiger charge is 2.05. The summed E-state index contributed by atoms with van der Waals surface area (Å²) in [7, 11) is 0. The largest absolute Gasteiger partial charge is 0.505 e. The Hall–Kier alpha value is -1.13. The fourth-order valence-corrected chi connectivity index (χ4v) is 1.45. The molecule has 0 bridgehead atoms. The molecule has 3 N–H and O–H groups in total. The summed E-state index contributed by atoms with van der Waals surface area (Å²) in [6, 6.07) is 4.48. The maximum absolute atomic E-state index is 12.9. The summed E-state index contributed by atoms with van der Waals surface area (Å²) >= 11 is 0. The van der Waals surface area contributed by atoms with Gasteiger partial charge in [-0.2, -0.15) is 0 Å². The first-order valence-corrected chi connectivity index (χ1v) is 5.46. The van der Waals surface area contributed by atoms with Crippen molar-refractivity contribution in [2.75, 3.05) is 6.54 Å². The first-order chi connectivity index (χ1) is 7.61. The van der Waals surface area contributed by atoms with Crippen molar-refractivity contribution in [1.82, 2.24) is 5.32 Å². The molecule has 0 saturated heterocycles. The van der Waals surface area contributed by atoms with Crippen molar-refractivity contribution in [3.8, 4) is 5.75 Å². The predicted octanol–water partition coefficient (Wildman–Crippen LogP) is 1.78. The number of rotatable bonds is 6. The van der Waals surface area contributed by atoms with E-state index >= 15 is 0 Å². The van der Waals surface area contributed by atoms with Crippen LogP contribution in [0.4, 0.5) is 4.39 Å². The van der Waals surface area contributed by atoms with Crippen LogP contribution < -0.4 is 5.32 Å². The Morgan fingerprint density at radius 2 is 2.19 bits per heavy atom. The van der Waals surface area contributed by atoms with E-state index in [4.69, 9.17) is 5.11 Å². The summed E-state index contributed by atoms with van der Waals surface area (Å²) in [5.74, 6) is -0.881. The van der Waals surface area contributed by atoms with Gasteiger partial charge >= 0.3 is 0 Å². The van der Waals surface area contributed by atoms with E-state index in [1.54, 1.807) is 19.1 Å². The number of aliphatic hydroxyl groups is 1. The van der Waals surface area contributed by atoms with Crippen LogP contribution in [0.15, 0.2) is 18.2 Å². The smallest absolute Gasteiger partial charge is 0.165 e. The number of nitrogens with one attached hydrogen (secondary N) is 1.